The highest BCUT2D eigenvalue weighted by Crippen LogP contribution is 2.28. The number of pyridine rings is 1. The van der Waals surface area contributed by atoms with Gasteiger partial charge in [0, 0.05) is 23.8 Å². The highest BCUT2D eigenvalue weighted by Gasteiger charge is 2.07. The van der Waals surface area contributed by atoms with Crippen molar-refractivity contribution in [2.45, 2.75) is 0 Å². The smallest absolute Gasteiger partial charge is 0.239 e. The molecule has 0 unspecified atom stereocenters. The first-order valence-electron chi connectivity index (χ1n) is 5.99. The van der Waals surface area contributed by atoms with Crippen molar-refractivity contribution < 1.29 is 9.90 Å². The third kappa shape index (κ3) is 3.39. The Morgan fingerprint density at radius 1 is 1.35 bits per heavy atom. The van der Waals surface area contributed by atoms with Crippen molar-refractivity contribution in [1.29, 1.82) is 0 Å². The Morgan fingerprint density at radius 2 is 2.15 bits per heavy atom. The van der Waals surface area contributed by atoms with Crippen molar-refractivity contribution >= 4 is 23.3 Å². The van der Waals surface area contributed by atoms with Crippen molar-refractivity contribution in [2.24, 2.45) is 0 Å². The minimum atomic E-state index is -0.190. The monoisotopic (exact) mass is 291 g/mol. The first-order valence-corrected chi connectivity index (χ1v) is 6.37. The summed E-state index contributed by atoms with van der Waals surface area (Å²) in [7, 11) is 1.54. The highest BCUT2D eigenvalue weighted by molar-refractivity contribution is 6.30. The van der Waals surface area contributed by atoms with Gasteiger partial charge in [0.25, 0.3) is 0 Å². The average Bonchev–Trinajstić information content (AvgIpc) is 2.45. The van der Waals surface area contributed by atoms with Gasteiger partial charge in [-0.2, -0.15) is 0 Å². The molecule has 6 heteroatoms. The van der Waals surface area contributed by atoms with Crippen LogP contribution in [0.4, 0.5) is 5.82 Å². The van der Waals surface area contributed by atoms with E-state index < -0.39 is 0 Å². The van der Waals surface area contributed by atoms with E-state index >= 15 is 0 Å². The topological polar surface area (TPSA) is 74.2 Å². The van der Waals surface area contributed by atoms with Crippen LogP contribution in [-0.4, -0.2) is 29.6 Å². The third-order valence-electron chi connectivity index (χ3n) is 2.72. The van der Waals surface area contributed by atoms with Gasteiger partial charge >= 0.3 is 0 Å². The number of carbonyl (C=O) groups excluding carboxylic acids is 1. The molecule has 5 nitrogen and oxygen atoms in total. The molecule has 0 saturated carbocycles. The molecule has 0 saturated heterocycles. The van der Waals surface area contributed by atoms with Gasteiger partial charge in [0.2, 0.25) is 5.91 Å². The van der Waals surface area contributed by atoms with Crippen molar-refractivity contribution in [2.75, 3.05) is 18.9 Å². The molecule has 0 spiro atoms. The second-order valence-corrected chi connectivity index (χ2v) is 4.57. The number of rotatable bonds is 4. The van der Waals surface area contributed by atoms with Crippen LogP contribution in [0.5, 0.6) is 5.75 Å². The second-order valence-electron chi connectivity index (χ2n) is 4.13. The molecule has 0 atom stereocenters. The van der Waals surface area contributed by atoms with Crippen molar-refractivity contribution in [1.82, 2.24) is 10.3 Å². The number of hydrogen-bond acceptors (Lipinski definition) is 4. The molecule has 0 bridgehead atoms. The molecule has 1 amide bonds. The van der Waals surface area contributed by atoms with Gasteiger partial charge in [-0.15, -0.1) is 0 Å². The zero-order valence-electron chi connectivity index (χ0n) is 10.9. The summed E-state index contributed by atoms with van der Waals surface area (Å²) in [6.07, 6.45) is 1.61. The van der Waals surface area contributed by atoms with E-state index in [0.29, 0.717) is 5.02 Å². The summed E-state index contributed by atoms with van der Waals surface area (Å²) in [6.45, 7) is 0.0492. The zero-order chi connectivity index (χ0) is 14.5. The number of nitrogens with zero attached hydrogens (tertiary/aromatic N) is 1. The molecular formula is C14H14ClN3O2. The molecule has 1 heterocycles. The molecule has 2 aromatic rings. The van der Waals surface area contributed by atoms with E-state index in [2.05, 4.69) is 15.6 Å². The fraction of sp³-hybridized carbons (Fsp3) is 0.143. The SMILES string of the molecule is CNC(=O)CNc1ncc(-c2cccc(Cl)c2)cc1O. The molecule has 2 rings (SSSR count). The fourth-order valence-electron chi connectivity index (χ4n) is 1.67. The predicted octanol–water partition coefficient (Wildman–Crippen LogP) is 2.27. The van der Waals surface area contributed by atoms with E-state index in [0.717, 1.165) is 11.1 Å². The molecule has 0 aliphatic heterocycles. The van der Waals surface area contributed by atoms with Gasteiger partial charge in [-0.05, 0) is 23.8 Å². The average molecular weight is 292 g/mol. The Bertz CT molecular complexity index is 632. The molecular weight excluding hydrogens is 278 g/mol. The van der Waals surface area contributed by atoms with Crippen molar-refractivity contribution in [3.63, 3.8) is 0 Å². The second kappa shape index (κ2) is 6.25. The van der Waals surface area contributed by atoms with Crippen LogP contribution in [0.2, 0.25) is 5.02 Å². The quantitative estimate of drug-likeness (QED) is 0.808. The molecule has 20 heavy (non-hydrogen) atoms. The van der Waals surface area contributed by atoms with Gasteiger partial charge < -0.3 is 15.7 Å². The maximum atomic E-state index is 11.1. The number of likely N-dealkylation sites (N-methyl/N-ethyl adjacent to an activating group) is 1. The Morgan fingerprint density at radius 3 is 2.80 bits per heavy atom. The number of hydrogen-bond donors (Lipinski definition) is 3. The Hall–Kier alpha value is -2.27. The van der Waals surface area contributed by atoms with E-state index in [4.69, 9.17) is 11.6 Å². The van der Waals surface area contributed by atoms with Gasteiger partial charge in [0.05, 0.1) is 6.54 Å². The summed E-state index contributed by atoms with van der Waals surface area (Å²) in [5.74, 6) is 0.0517. The van der Waals surface area contributed by atoms with E-state index in [1.165, 1.54) is 0 Å². The Balaban J connectivity index is 2.19. The largest absolute Gasteiger partial charge is 0.504 e. The van der Waals surface area contributed by atoms with E-state index in [-0.39, 0.29) is 24.0 Å². The number of halogens is 1. The van der Waals surface area contributed by atoms with Crippen LogP contribution >= 0.6 is 11.6 Å². The maximum absolute atomic E-state index is 11.1. The summed E-state index contributed by atoms with van der Waals surface area (Å²) in [5, 5.41) is 15.8. The summed E-state index contributed by atoms with van der Waals surface area (Å²) in [4.78, 5) is 15.2. The van der Waals surface area contributed by atoms with E-state index in [1.54, 1.807) is 31.4 Å². The molecule has 1 aromatic heterocycles. The maximum Gasteiger partial charge on any atom is 0.239 e. The van der Waals surface area contributed by atoms with Crippen LogP contribution in [0.25, 0.3) is 11.1 Å². The first kappa shape index (κ1) is 14.1. The molecule has 0 aliphatic rings. The number of benzene rings is 1. The summed E-state index contributed by atoms with van der Waals surface area (Å²) in [5.41, 5.74) is 1.61. The zero-order valence-corrected chi connectivity index (χ0v) is 11.6. The van der Waals surface area contributed by atoms with Crippen molar-refractivity contribution in [3.8, 4) is 16.9 Å². The number of aromatic hydroxyl groups is 1. The standard InChI is InChI=1S/C14H14ClN3O2/c1-16-13(20)8-18-14-12(19)6-10(7-17-14)9-3-2-4-11(15)5-9/h2-7,19H,8H2,1H3,(H,16,20)(H,17,18). The lowest BCUT2D eigenvalue weighted by atomic mass is 10.1. The minimum absolute atomic E-state index is 0.0219. The van der Waals surface area contributed by atoms with Gasteiger partial charge in [0.15, 0.2) is 11.6 Å². The fourth-order valence-corrected chi connectivity index (χ4v) is 1.86. The molecule has 104 valence electrons. The normalized spacial score (nSPS) is 10.1. The molecule has 1 aromatic carbocycles. The molecule has 0 aliphatic carbocycles. The minimum Gasteiger partial charge on any atom is -0.504 e. The molecule has 3 N–H and O–H groups in total. The lowest BCUT2D eigenvalue weighted by molar-refractivity contribution is -0.118. The Kier molecular flexibility index (Phi) is 4.42. The Labute approximate surface area is 121 Å². The van der Waals surface area contributed by atoms with E-state index in [9.17, 15) is 9.90 Å². The lowest BCUT2D eigenvalue weighted by Gasteiger charge is -2.08. The predicted molar refractivity (Wildman–Crippen MR) is 78.9 cm³/mol. The van der Waals surface area contributed by atoms with Crippen molar-refractivity contribution in [3.05, 3.63) is 41.6 Å². The summed E-state index contributed by atoms with van der Waals surface area (Å²) in [6, 6.07) is 8.84. The van der Waals surface area contributed by atoms with Crippen LogP contribution in [-0.2, 0) is 4.79 Å². The number of anilines is 1. The van der Waals surface area contributed by atoms with E-state index in [1.807, 2.05) is 12.1 Å². The molecule has 0 fully saturated rings. The molecule has 0 radical (unpaired) electrons. The number of aromatic nitrogens is 1. The van der Waals surface area contributed by atoms with Crippen LogP contribution in [0.1, 0.15) is 0 Å². The third-order valence-corrected chi connectivity index (χ3v) is 2.96. The van der Waals surface area contributed by atoms with Crippen LogP contribution in [0.15, 0.2) is 36.5 Å². The van der Waals surface area contributed by atoms with Gasteiger partial charge in [-0.3, -0.25) is 4.79 Å². The summed E-state index contributed by atoms with van der Waals surface area (Å²) < 4.78 is 0. The number of nitrogens with one attached hydrogen (secondary N) is 2. The number of amides is 1. The number of carbonyl (C=O) groups is 1. The van der Waals surface area contributed by atoms with Crippen LogP contribution in [0.3, 0.4) is 0 Å². The van der Waals surface area contributed by atoms with Crippen LogP contribution < -0.4 is 10.6 Å². The van der Waals surface area contributed by atoms with Crippen LogP contribution in [0, 0.1) is 0 Å². The van der Waals surface area contributed by atoms with Gasteiger partial charge in [-0.1, -0.05) is 23.7 Å². The summed E-state index contributed by atoms with van der Waals surface area (Å²) >= 11 is 5.93. The first-order chi connectivity index (χ1) is 9.60. The lowest BCUT2D eigenvalue weighted by Crippen LogP contribution is -2.26. The van der Waals surface area contributed by atoms with Gasteiger partial charge in [-0.25, -0.2) is 4.98 Å². The van der Waals surface area contributed by atoms with Gasteiger partial charge in [0.1, 0.15) is 0 Å². The highest BCUT2D eigenvalue weighted by atomic mass is 35.5.